The predicted molar refractivity (Wildman–Crippen MR) is 122 cm³/mol. The number of amides is 1. The lowest BCUT2D eigenvalue weighted by molar-refractivity contribution is 0.0966. The van der Waals surface area contributed by atoms with Gasteiger partial charge in [0, 0.05) is 34.0 Å². The van der Waals surface area contributed by atoms with Crippen molar-refractivity contribution in [3.05, 3.63) is 69.8 Å². The third-order valence-electron chi connectivity index (χ3n) is 6.92. The summed E-state index contributed by atoms with van der Waals surface area (Å²) in [6.45, 7) is 4.04. The van der Waals surface area contributed by atoms with Gasteiger partial charge in [-0.05, 0) is 60.2 Å². The topological polar surface area (TPSA) is 66.5 Å². The second kappa shape index (κ2) is 5.97. The summed E-state index contributed by atoms with van der Waals surface area (Å²) < 4.78 is 5.70. The largest absolute Gasteiger partial charge is 0.476 e. The molecule has 152 valence electrons. The highest BCUT2D eigenvalue weighted by atomic mass is 16.5. The molecule has 4 aromatic rings. The number of aromatic amines is 1. The Kier molecular flexibility index (Phi) is 3.30. The molecule has 5 heteroatoms. The number of carbonyl (C=O) groups excluding carboxylic acids is 1. The number of hydrogen-bond acceptors (Lipinski definition) is 3. The maximum atomic E-state index is 13.0. The summed E-state index contributed by atoms with van der Waals surface area (Å²) in [5, 5.41) is 5.39. The van der Waals surface area contributed by atoms with Crippen LogP contribution in [0.4, 0.5) is 0 Å². The van der Waals surface area contributed by atoms with Crippen molar-refractivity contribution in [1.29, 1.82) is 0 Å². The van der Waals surface area contributed by atoms with E-state index in [1.54, 1.807) is 0 Å². The average Bonchev–Trinajstić information content (AvgIpc) is 3.51. The van der Waals surface area contributed by atoms with Crippen molar-refractivity contribution in [3.8, 4) is 11.1 Å². The number of hydrogen-bond donors (Lipinski definition) is 2. The first-order valence-electron chi connectivity index (χ1n) is 10.9. The fourth-order valence-corrected chi connectivity index (χ4v) is 5.59. The standard InChI is InChI=1S/C26H21N3O2/c1-13-2-5-16-14(10-13)3-6-17-21(16)23-19(12-28-25(23)30)22-18-11-15(26-27-8-9-31-26)4-7-20(18)29-24(17)22/h2,4-5,7,10-11,29H,3,6,8-9,12H2,1H3,(H,28,30). The Morgan fingerprint density at radius 2 is 1.97 bits per heavy atom. The molecule has 1 amide bonds. The number of fused-ring (bicyclic) bond motifs is 10. The Morgan fingerprint density at radius 1 is 1.03 bits per heavy atom. The fraction of sp³-hybridized carbons (Fsp3) is 0.231. The van der Waals surface area contributed by atoms with Gasteiger partial charge in [0.25, 0.3) is 5.91 Å². The molecule has 7 rings (SSSR count). The number of carbonyl (C=O) groups is 1. The second-order valence-corrected chi connectivity index (χ2v) is 8.72. The maximum absolute atomic E-state index is 13.0. The molecule has 3 heterocycles. The van der Waals surface area contributed by atoms with Crippen LogP contribution in [0.25, 0.3) is 32.9 Å². The smallest absolute Gasteiger partial charge is 0.252 e. The van der Waals surface area contributed by atoms with E-state index in [-0.39, 0.29) is 5.91 Å². The lowest BCUT2D eigenvalue weighted by Crippen LogP contribution is -2.15. The summed E-state index contributed by atoms with van der Waals surface area (Å²) in [5.74, 6) is 0.750. The van der Waals surface area contributed by atoms with Crippen molar-refractivity contribution in [1.82, 2.24) is 10.3 Å². The zero-order valence-corrected chi connectivity index (χ0v) is 17.3. The molecule has 31 heavy (non-hydrogen) atoms. The Hall–Kier alpha value is -3.60. The van der Waals surface area contributed by atoms with E-state index < -0.39 is 0 Å². The third-order valence-corrected chi connectivity index (χ3v) is 6.92. The lowest BCUT2D eigenvalue weighted by Gasteiger charge is -2.23. The first-order chi connectivity index (χ1) is 15.2. The van der Waals surface area contributed by atoms with Gasteiger partial charge < -0.3 is 15.0 Å². The summed E-state index contributed by atoms with van der Waals surface area (Å²) >= 11 is 0. The quantitative estimate of drug-likeness (QED) is 0.491. The Balaban J connectivity index is 1.59. The molecule has 3 aliphatic rings. The van der Waals surface area contributed by atoms with Crippen LogP contribution in [0.15, 0.2) is 41.4 Å². The minimum Gasteiger partial charge on any atom is -0.476 e. The molecular weight excluding hydrogens is 386 g/mol. The van der Waals surface area contributed by atoms with Crippen LogP contribution < -0.4 is 5.32 Å². The summed E-state index contributed by atoms with van der Waals surface area (Å²) in [7, 11) is 0. The number of aliphatic imine (C=N–C) groups is 1. The van der Waals surface area contributed by atoms with E-state index >= 15 is 0 Å². The molecule has 1 aromatic heterocycles. The molecule has 3 aromatic carbocycles. The number of benzene rings is 3. The van der Waals surface area contributed by atoms with Crippen LogP contribution in [0, 0.1) is 6.92 Å². The molecular formula is C26H21N3O2. The highest BCUT2D eigenvalue weighted by molar-refractivity contribution is 6.19. The summed E-state index contributed by atoms with van der Waals surface area (Å²) in [6.07, 6.45) is 1.92. The number of H-pyrrole nitrogens is 1. The molecule has 0 saturated heterocycles. The molecule has 2 N–H and O–H groups in total. The molecule has 0 radical (unpaired) electrons. The monoisotopic (exact) mass is 407 g/mol. The van der Waals surface area contributed by atoms with E-state index in [9.17, 15) is 4.79 Å². The Morgan fingerprint density at radius 3 is 2.84 bits per heavy atom. The normalized spacial score (nSPS) is 16.7. The van der Waals surface area contributed by atoms with Crippen LogP contribution in [0.2, 0.25) is 0 Å². The Labute approximate surface area is 179 Å². The summed E-state index contributed by atoms with van der Waals surface area (Å²) in [6, 6.07) is 12.9. The maximum Gasteiger partial charge on any atom is 0.252 e. The van der Waals surface area contributed by atoms with Crippen molar-refractivity contribution in [3.63, 3.8) is 0 Å². The van der Waals surface area contributed by atoms with Crippen LogP contribution >= 0.6 is 0 Å². The molecule has 0 spiro atoms. The van der Waals surface area contributed by atoms with Gasteiger partial charge in [0.2, 0.25) is 5.90 Å². The first kappa shape index (κ1) is 17.1. The Bertz CT molecular complexity index is 1490. The summed E-state index contributed by atoms with van der Waals surface area (Å²) in [4.78, 5) is 21.2. The highest BCUT2D eigenvalue weighted by Gasteiger charge is 2.33. The number of nitrogens with one attached hydrogen (secondary N) is 2. The van der Waals surface area contributed by atoms with Crippen molar-refractivity contribution in [2.75, 3.05) is 13.2 Å². The number of ether oxygens (including phenoxy) is 1. The van der Waals surface area contributed by atoms with Crippen molar-refractivity contribution >= 4 is 33.6 Å². The van der Waals surface area contributed by atoms with Gasteiger partial charge in [-0.15, -0.1) is 0 Å². The van der Waals surface area contributed by atoms with Gasteiger partial charge in [0.05, 0.1) is 17.6 Å². The van der Waals surface area contributed by atoms with Gasteiger partial charge in [-0.1, -0.05) is 23.8 Å². The van der Waals surface area contributed by atoms with Crippen LogP contribution in [-0.4, -0.2) is 29.9 Å². The number of rotatable bonds is 1. The number of nitrogens with zero attached hydrogens (tertiary/aromatic N) is 1. The molecule has 5 nitrogen and oxygen atoms in total. The van der Waals surface area contributed by atoms with Gasteiger partial charge in [-0.3, -0.25) is 4.79 Å². The molecule has 0 atom stereocenters. The van der Waals surface area contributed by atoms with E-state index in [0.717, 1.165) is 56.9 Å². The first-order valence-corrected chi connectivity index (χ1v) is 10.9. The van der Waals surface area contributed by atoms with E-state index in [4.69, 9.17) is 4.74 Å². The SMILES string of the molecule is Cc1ccc2c(c1)CCc1c-2c2c(c3c1[nH]c1ccc(C4=NCCO4)cc13)CNC2=O. The van der Waals surface area contributed by atoms with E-state index in [1.165, 1.54) is 22.3 Å². The van der Waals surface area contributed by atoms with Crippen molar-refractivity contribution in [2.24, 2.45) is 4.99 Å². The fourth-order valence-electron chi connectivity index (χ4n) is 5.59. The zero-order chi connectivity index (χ0) is 20.7. The number of aromatic nitrogens is 1. The van der Waals surface area contributed by atoms with E-state index in [0.29, 0.717) is 25.6 Å². The second-order valence-electron chi connectivity index (χ2n) is 8.72. The molecule has 1 aliphatic carbocycles. The predicted octanol–water partition coefficient (Wildman–Crippen LogP) is 4.42. The highest BCUT2D eigenvalue weighted by Crippen LogP contribution is 2.46. The molecule has 2 aliphatic heterocycles. The third kappa shape index (κ3) is 2.26. The van der Waals surface area contributed by atoms with Crippen LogP contribution in [0.3, 0.4) is 0 Å². The average molecular weight is 407 g/mol. The van der Waals surface area contributed by atoms with Gasteiger partial charge in [0.1, 0.15) is 6.61 Å². The molecule has 0 fully saturated rings. The van der Waals surface area contributed by atoms with Gasteiger partial charge in [-0.2, -0.15) is 0 Å². The van der Waals surface area contributed by atoms with E-state index in [2.05, 4.69) is 58.6 Å². The van der Waals surface area contributed by atoms with Gasteiger partial charge in [0.15, 0.2) is 0 Å². The molecule has 0 unspecified atom stereocenters. The van der Waals surface area contributed by atoms with Crippen molar-refractivity contribution in [2.45, 2.75) is 26.3 Å². The van der Waals surface area contributed by atoms with Crippen LogP contribution in [0.5, 0.6) is 0 Å². The molecule has 0 saturated carbocycles. The van der Waals surface area contributed by atoms with Gasteiger partial charge >= 0.3 is 0 Å². The van der Waals surface area contributed by atoms with Crippen LogP contribution in [-0.2, 0) is 24.1 Å². The minimum absolute atomic E-state index is 0.0376. The molecule has 0 bridgehead atoms. The van der Waals surface area contributed by atoms with Crippen LogP contribution in [0.1, 0.15) is 38.2 Å². The van der Waals surface area contributed by atoms with E-state index in [1.807, 2.05) is 0 Å². The zero-order valence-electron chi connectivity index (χ0n) is 17.3. The lowest BCUT2D eigenvalue weighted by atomic mass is 9.79. The number of aryl methyl sites for hydroxylation is 3. The minimum atomic E-state index is 0.0376. The van der Waals surface area contributed by atoms with Crippen molar-refractivity contribution < 1.29 is 9.53 Å². The summed E-state index contributed by atoms with van der Waals surface area (Å²) in [5.41, 5.74) is 11.4. The van der Waals surface area contributed by atoms with Gasteiger partial charge in [-0.25, -0.2) is 4.99 Å².